The predicted molar refractivity (Wildman–Crippen MR) is 73.6 cm³/mol. The number of aryl methyl sites for hydroxylation is 3. The van der Waals surface area contributed by atoms with E-state index >= 15 is 0 Å². The first-order valence-corrected chi connectivity index (χ1v) is 6.83. The van der Waals surface area contributed by atoms with Crippen molar-refractivity contribution < 1.29 is 0 Å². The van der Waals surface area contributed by atoms with Crippen molar-refractivity contribution in [2.75, 3.05) is 0 Å². The number of hydrogen-bond acceptors (Lipinski definition) is 5. The van der Waals surface area contributed by atoms with Crippen LogP contribution in [0.25, 0.3) is 0 Å². The molecule has 0 fully saturated rings. The van der Waals surface area contributed by atoms with Crippen molar-refractivity contribution in [1.82, 2.24) is 20.3 Å². The van der Waals surface area contributed by atoms with Crippen LogP contribution in [0.1, 0.15) is 40.1 Å². The molecule has 2 aromatic rings. The van der Waals surface area contributed by atoms with Gasteiger partial charge in [-0.15, -0.1) is 11.3 Å². The maximum absolute atomic E-state index is 4.45. The van der Waals surface area contributed by atoms with E-state index < -0.39 is 0 Å². The van der Waals surface area contributed by atoms with Crippen LogP contribution in [-0.4, -0.2) is 15.0 Å². The summed E-state index contributed by atoms with van der Waals surface area (Å²) in [5.74, 6) is 0.812. The van der Waals surface area contributed by atoms with E-state index in [4.69, 9.17) is 0 Å². The first-order chi connectivity index (χ1) is 8.56. The van der Waals surface area contributed by atoms with Crippen molar-refractivity contribution in [2.24, 2.45) is 0 Å². The molecule has 0 amide bonds. The van der Waals surface area contributed by atoms with Crippen molar-refractivity contribution in [2.45, 2.75) is 40.3 Å². The third-order valence-corrected chi connectivity index (χ3v) is 4.01. The highest BCUT2D eigenvalue weighted by Crippen LogP contribution is 2.24. The molecule has 0 saturated heterocycles. The lowest BCUT2D eigenvalue weighted by atomic mass is 10.2. The summed E-state index contributed by atoms with van der Waals surface area (Å²) in [5.41, 5.74) is 2.14. The van der Waals surface area contributed by atoms with Gasteiger partial charge in [-0.3, -0.25) is 0 Å². The van der Waals surface area contributed by atoms with E-state index in [0.29, 0.717) is 6.04 Å². The van der Waals surface area contributed by atoms with Crippen LogP contribution in [0.4, 0.5) is 0 Å². The monoisotopic (exact) mass is 262 g/mol. The van der Waals surface area contributed by atoms with Gasteiger partial charge in [0.05, 0.1) is 16.4 Å². The molecule has 0 saturated carbocycles. The second-order valence-corrected chi connectivity index (χ2v) is 5.62. The van der Waals surface area contributed by atoms with Crippen molar-refractivity contribution in [3.8, 4) is 0 Å². The molecule has 0 bridgehead atoms. The van der Waals surface area contributed by atoms with Crippen molar-refractivity contribution in [1.29, 1.82) is 0 Å². The van der Waals surface area contributed by atoms with Gasteiger partial charge in [0.25, 0.3) is 0 Å². The summed E-state index contributed by atoms with van der Waals surface area (Å²) in [4.78, 5) is 14.2. The maximum Gasteiger partial charge on any atom is 0.125 e. The quantitative estimate of drug-likeness (QED) is 0.920. The first kappa shape index (κ1) is 13.1. The Bertz CT molecular complexity index is 536. The number of aromatic nitrogens is 3. The molecule has 0 aromatic carbocycles. The fourth-order valence-corrected chi connectivity index (χ4v) is 2.86. The van der Waals surface area contributed by atoms with Crippen molar-refractivity contribution in [3.05, 3.63) is 39.4 Å². The Hall–Kier alpha value is -1.33. The minimum absolute atomic E-state index is 0.298. The smallest absolute Gasteiger partial charge is 0.125 e. The molecular weight excluding hydrogens is 244 g/mol. The Balaban J connectivity index is 2.00. The highest BCUT2D eigenvalue weighted by atomic mass is 32.1. The van der Waals surface area contributed by atoms with Crippen LogP contribution in [0.3, 0.4) is 0 Å². The van der Waals surface area contributed by atoms with Crippen molar-refractivity contribution >= 4 is 11.3 Å². The van der Waals surface area contributed by atoms with E-state index in [2.05, 4.69) is 34.1 Å². The van der Waals surface area contributed by atoms with E-state index in [1.54, 1.807) is 17.5 Å². The number of rotatable bonds is 4. The lowest BCUT2D eigenvalue weighted by Gasteiger charge is -2.12. The number of hydrogen-bond donors (Lipinski definition) is 1. The Kier molecular flexibility index (Phi) is 4.04. The molecule has 0 spiro atoms. The van der Waals surface area contributed by atoms with E-state index in [9.17, 15) is 0 Å². The molecular formula is C13H18N4S. The minimum atomic E-state index is 0.298. The summed E-state index contributed by atoms with van der Waals surface area (Å²) in [5, 5.41) is 4.60. The predicted octanol–water partition coefficient (Wildman–Crippen LogP) is 2.71. The molecule has 0 aliphatic rings. The average molecular weight is 262 g/mol. The van der Waals surface area contributed by atoms with Gasteiger partial charge in [0.15, 0.2) is 0 Å². The van der Waals surface area contributed by atoms with Gasteiger partial charge in [-0.2, -0.15) is 0 Å². The Morgan fingerprint density at radius 2 is 2.06 bits per heavy atom. The van der Waals surface area contributed by atoms with Gasteiger partial charge in [-0.1, -0.05) is 0 Å². The topological polar surface area (TPSA) is 50.7 Å². The number of thiazole rings is 1. The second kappa shape index (κ2) is 5.54. The van der Waals surface area contributed by atoms with Crippen LogP contribution in [0, 0.1) is 20.8 Å². The molecule has 2 heterocycles. The maximum atomic E-state index is 4.45. The van der Waals surface area contributed by atoms with Gasteiger partial charge in [0.1, 0.15) is 5.82 Å². The molecule has 2 rings (SSSR count). The SMILES string of the molecule is Cc1nccc(CNC(C)c2sc(C)nc2C)n1. The summed E-state index contributed by atoms with van der Waals surface area (Å²) in [6.45, 7) is 8.92. The Morgan fingerprint density at radius 1 is 1.28 bits per heavy atom. The summed E-state index contributed by atoms with van der Waals surface area (Å²) < 4.78 is 0. The summed E-state index contributed by atoms with van der Waals surface area (Å²) >= 11 is 1.75. The molecule has 4 nitrogen and oxygen atoms in total. The number of nitrogens with one attached hydrogen (secondary N) is 1. The molecule has 1 unspecified atom stereocenters. The first-order valence-electron chi connectivity index (χ1n) is 6.02. The van der Waals surface area contributed by atoms with Gasteiger partial charge in [-0.05, 0) is 33.8 Å². The largest absolute Gasteiger partial charge is 0.304 e. The average Bonchev–Trinajstić information content (AvgIpc) is 2.66. The lowest BCUT2D eigenvalue weighted by molar-refractivity contribution is 0.570. The molecule has 5 heteroatoms. The van der Waals surface area contributed by atoms with Crippen LogP contribution in [-0.2, 0) is 6.54 Å². The molecule has 96 valence electrons. The molecule has 2 aromatic heterocycles. The molecule has 1 atom stereocenters. The molecule has 1 N–H and O–H groups in total. The third-order valence-electron chi connectivity index (χ3n) is 2.76. The van der Waals surface area contributed by atoms with Gasteiger partial charge in [0, 0.05) is 23.7 Å². The zero-order valence-electron chi connectivity index (χ0n) is 11.2. The standard InChI is InChI=1S/C13H18N4S/c1-8(13-9(2)16-11(4)18-13)15-7-12-5-6-14-10(3)17-12/h5-6,8,15H,7H2,1-4H3. The van der Waals surface area contributed by atoms with Crippen LogP contribution < -0.4 is 5.32 Å². The van der Waals surface area contributed by atoms with Gasteiger partial charge in [-0.25, -0.2) is 15.0 Å². The number of nitrogens with zero attached hydrogens (tertiary/aromatic N) is 3. The van der Waals surface area contributed by atoms with Gasteiger partial charge < -0.3 is 5.32 Å². The van der Waals surface area contributed by atoms with Gasteiger partial charge in [0.2, 0.25) is 0 Å². The van der Waals surface area contributed by atoms with Gasteiger partial charge >= 0.3 is 0 Å². The van der Waals surface area contributed by atoms with Crippen LogP contribution in [0.5, 0.6) is 0 Å². The second-order valence-electron chi connectivity index (χ2n) is 4.38. The molecule has 0 aliphatic heterocycles. The van der Waals surface area contributed by atoms with E-state index in [1.807, 2.05) is 19.9 Å². The van der Waals surface area contributed by atoms with E-state index in [-0.39, 0.29) is 0 Å². The zero-order chi connectivity index (χ0) is 13.1. The normalized spacial score (nSPS) is 12.7. The zero-order valence-corrected chi connectivity index (χ0v) is 12.0. The fraction of sp³-hybridized carbons (Fsp3) is 0.462. The molecule has 0 aliphatic carbocycles. The van der Waals surface area contributed by atoms with Crippen LogP contribution in [0.2, 0.25) is 0 Å². The molecule has 18 heavy (non-hydrogen) atoms. The summed E-state index contributed by atoms with van der Waals surface area (Å²) in [7, 11) is 0. The van der Waals surface area contributed by atoms with Crippen molar-refractivity contribution in [3.63, 3.8) is 0 Å². The highest BCUT2D eigenvalue weighted by molar-refractivity contribution is 7.11. The summed E-state index contributed by atoms with van der Waals surface area (Å²) in [6.07, 6.45) is 1.80. The lowest BCUT2D eigenvalue weighted by Crippen LogP contribution is -2.18. The fourth-order valence-electron chi connectivity index (χ4n) is 1.90. The van der Waals surface area contributed by atoms with E-state index in [0.717, 1.165) is 28.8 Å². The van der Waals surface area contributed by atoms with Crippen LogP contribution in [0.15, 0.2) is 12.3 Å². The third kappa shape index (κ3) is 3.11. The van der Waals surface area contributed by atoms with E-state index in [1.165, 1.54) is 4.88 Å². The highest BCUT2D eigenvalue weighted by Gasteiger charge is 2.12. The van der Waals surface area contributed by atoms with Crippen LogP contribution >= 0.6 is 11.3 Å². The Labute approximate surface area is 112 Å². The minimum Gasteiger partial charge on any atom is -0.304 e. The Morgan fingerprint density at radius 3 is 2.67 bits per heavy atom. The molecule has 0 radical (unpaired) electrons. The summed E-state index contributed by atoms with van der Waals surface area (Å²) in [6, 6.07) is 2.24.